The molecule has 3 aromatic rings. The minimum atomic E-state index is -0.749. The zero-order chi connectivity index (χ0) is 18.7. The van der Waals surface area contributed by atoms with Gasteiger partial charge in [0.1, 0.15) is 11.6 Å². The molecule has 0 saturated heterocycles. The maximum Gasteiger partial charge on any atom is 0.214 e. The number of carbonyl (C=O) groups excluding carboxylic acids is 1. The smallest absolute Gasteiger partial charge is 0.214 e. The lowest BCUT2D eigenvalue weighted by molar-refractivity contribution is 0.101. The lowest BCUT2D eigenvalue weighted by atomic mass is 10.0. The summed E-state index contributed by atoms with van der Waals surface area (Å²) in [6.45, 7) is 4.20. The molecule has 0 aliphatic carbocycles. The fourth-order valence-corrected chi connectivity index (χ4v) is 3.12. The number of halogens is 2. The van der Waals surface area contributed by atoms with Crippen LogP contribution in [0.25, 0.3) is 5.69 Å². The molecule has 0 aliphatic heterocycles. The van der Waals surface area contributed by atoms with Gasteiger partial charge in [0.05, 0.1) is 17.0 Å². The summed E-state index contributed by atoms with van der Waals surface area (Å²) in [5, 5.41) is 11.9. The average Bonchev–Trinajstić information content (AvgIpc) is 3.10. The van der Waals surface area contributed by atoms with E-state index in [2.05, 4.69) is 29.4 Å². The summed E-state index contributed by atoms with van der Waals surface area (Å²) in [4.78, 5) is 12.2. The van der Waals surface area contributed by atoms with Crippen LogP contribution in [-0.4, -0.2) is 31.7 Å². The van der Waals surface area contributed by atoms with Crippen molar-refractivity contribution < 1.29 is 13.6 Å². The Morgan fingerprint density at radius 1 is 1.15 bits per heavy atom. The standard InChI is InChI=1S/C18H16F2N4OS/c1-11(2)12-3-6-14(7-4-12)24-18(21-22-23-24)26-10-17(25)15-9-13(19)5-8-16(15)20/h3-9,11H,10H2,1-2H3. The van der Waals surface area contributed by atoms with Gasteiger partial charge in [-0.15, -0.1) is 5.10 Å². The fourth-order valence-electron chi connectivity index (χ4n) is 2.35. The van der Waals surface area contributed by atoms with E-state index in [0.717, 1.165) is 35.6 Å². The van der Waals surface area contributed by atoms with Crippen molar-refractivity contribution >= 4 is 17.5 Å². The van der Waals surface area contributed by atoms with Crippen molar-refractivity contribution in [2.75, 3.05) is 5.75 Å². The van der Waals surface area contributed by atoms with Crippen LogP contribution in [0.2, 0.25) is 0 Å². The second-order valence-corrected chi connectivity index (χ2v) is 6.90. The topological polar surface area (TPSA) is 60.7 Å². The number of ketones is 1. The molecule has 1 aromatic heterocycles. The Kier molecular flexibility index (Phi) is 5.41. The van der Waals surface area contributed by atoms with Crippen LogP contribution in [0.1, 0.15) is 35.7 Å². The van der Waals surface area contributed by atoms with Gasteiger partial charge in [0.15, 0.2) is 5.78 Å². The van der Waals surface area contributed by atoms with Gasteiger partial charge in [-0.1, -0.05) is 37.7 Å². The van der Waals surface area contributed by atoms with Crippen LogP contribution >= 0.6 is 11.8 Å². The van der Waals surface area contributed by atoms with Crippen LogP contribution in [0.3, 0.4) is 0 Å². The van der Waals surface area contributed by atoms with Gasteiger partial charge in [0, 0.05) is 0 Å². The fraction of sp³-hybridized carbons (Fsp3) is 0.222. The Hall–Kier alpha value is -2.61. The number of aromatic nitrogens is 4. The van der Waals surface area contributed by atoms with Gasteiger partial charge in [-0.3, -0.25) is 4.79 Å². The van der Waals surface area contributed by atoms with Crippen molar-refractivity contribution in [1.29, 1.82) is 0 Å². The van der Waals surface area contributed by atoms with Crippen molar-refractivity contribution in [1.82, 2.24) is 20.2 Å². The maximum absolute atomic E-state index is 13.7. The largest absolute Gasteiger partial charge is 0.293 e. The number of rotatable bonds is 6. The maximum atomic E-state index is 13.7. The van der Waals surface area contributed by atoms with E-state index in [1.165, 1.54) is 10.2 Å². The second kappa shape index (κ2) is 7.74. The van der Waals surface area contributed by atoms with Gasteiger partial charge >= 0.3 is 0 Å². The van der Waals surface area contributed by atoms with E-state index >= 15 is 0 Å². The van der Waals surface area contributed by atoms with Crippen molar-refractivity contribution in [2.45, 2.75) is 24.9 Å². The molecule has 0 radical (unpaired) electrons. The minimum absolute atomic E-state index is 0.106. The quantitative estimate of drug-likeness (QED) is 0.481. The third-order valence-corrected chi connectivity index (χ3v) is 4.73. The molecule has 0 amide bonds. The van der Waals surface area contributed by atoms with Crippen molar-refractivity contribution in [3.05, 3.63) is 65.2 Å². The van der Waals surface area contributed by atoms with Crippen LogP contribution in [-0.2, 0) is 0 Å². The highest BCUT2D eigenvalue weighted by molar-refractivity contribution is 7.99. The lowest BCUT2D eigenvalue weighted by Crippen LogP contribution is -2.07. The molecule has 0 unspecified atom stereocenters. The van der Waals surface area contributed by atoms with E-state index in [9.17, 15) is 13.6 Å². The summed E-state index contributed by atoms with van der Waals surface area (Å²) in [5.41, 5.74) is 1.66. The zero-order valence-electron chi connectivity index (χ0n) is 14.2. The minimum Gasteiger partial charge on any atom is -0.293 e. The third-order valence-electron chi connectivity index (χ3n) is 3.81. The first-order valence-corrected chi connectivity index (χ1v) is 8.94. The predicted molar refractivity (Wildman–Crippen MR) is 94.7 cm³/mol. The van der Waals surface area contributed by atoms with E-state index in [1.54, 1.807) is 0 Å². The number of benzene rings is 2. The van der Waals surface area contributed by atoms with Crippen molar-refractivity contribution in [3.8, 4) is 5.69 Å². The Morgan fingerprint density at radius 2 is 1.88 bits per heavy atom. The molecule has 26 heavy (non-hydrogen) atoms. The number of carbonyl (C=O) groups is 1. The molecule has 134 valence electrons. The summed E-state index contributed by atoms with van der Waals surface area (Å²) in [7, 11) is 0. The van der Waals surface area contributed by atoms with Gasteiger partial charge < -0.3 is 0 Å². The Bertz CT molecular complexity index is 925. The van der Waals surface area contributed by atoms with Gasteiger partial charge in [0.25, 0.3) is 0 Å². The SMILES string of the molecule is CC(C)c1ccc(-n2nnnc2SCC(=O)c2cc(F)ccc2F)cc1. The number of tetrazole rings is 1. The number of hydrogen-bond acceptors (Lipinski definition) is 5. The van der Waals surface area contributed by atoms with Gasteiger partial charge in [0.2, 0.25) is 5.16 Å². The van der Waals surface area contributed by atoms with Crippen LogP contribution < -0.4 is 0 Å². The first-order valence-electron chi connectivity index (χ1n) is 7.95. The summed E-state index contributed by atoms with van der Waals surface area (Å²) in [6.07, 6.45) is 0. The third kappa shape index (κ3) is 3.96. The molecule has 0 bridgehead atoms. The Labute approximate surface area is 153 Å². The number of nitrogens with zero attached hydrogens (tertiary/aromatic N) is 4. The van der Waals surface area contributed by atoms with Gasteiger partial charge in [-0.2, -0.15) is 4.68 Å². The van der Waals surface area contributed by atoms with Gasteiger partial charge in [-0.05, 0) is 52.2 Å². The second-order valence-electron chi connectivity index (χ2n) is 5.96. The van der Waals surface area contributed by atoms with E-state index in [0.29, 0.717) is 11.1 Å². The molecule has 5 nitrogen and oxygen atoms in total. The van der Waals surface area contributed by atoms with E-state index in [4.69, 9.17) is 0 Å². The molecule has 1 heterocycles. The van der Waals surface area contributed by atoms with Crippen LogP contribution in [0.15, 0.2) is 47.6 Å². The van der Waals surface area contributed by atoms with Crippen molar-refractivity contribution in [2.24, 2.45) is 0 Å². The van der Waals surface area contributed by atoms with Gasteiger partial charge in [-0.25, -0.2) is 8.78 Å². The molecule has 0 aliphatic rings. The molecule has 0 atom stereocenters. The summed E-state index contributed by atoms with van der Waals surface area (Å²) in [6, 6.07) is 10.6. The Balaban J connectivity index is 1.75. The molecule has 2 aromatic carbocycles. The highest BCUT2D eigenvalue weighted by Crippen LogP contribution is 2.22. The summed E-state index contributed by atoms with van der Waals surface area (Å²) >= 11 is 1.06. The molecule has 0 saturated carbocycles. The molecular formula is C18H16F2N4OS. The first-order chi connectivity index (χ1) is 12.5. The molecular weight excluding hydrogens is 358 g/mol. The van der Waals surface area contributed by atoms with E-state index in [1.807, 2.05) is 24.3 Å². The van der Waals surface area contributed by atoms with Crippen LogP contribution in [0.5, 0.6) is 0 Å². The monoisotopic (exact) mass is 374 g/mol. The molecule has 3 rings (SSSR count). The van der Waals surface area contributed by atoms with E-state index < -0.39 is 17.4 Å². The lowest BCUT2D eigenvalue weighted by Gasteiger charge is -2.08. The molecule has 8 heteroatoms. The molecule has 0 spiro atoms. The van der Waals surface area contributed by atoms with Crippen LogP contribution in [0, 0.1) is 11.6 Å². The zero-order valence-corrected chi connectivity index (χ0v) is 15.0. The highest BCUT2D eigenvalue weighted by atomic mass is 32.2. The average molecular weight is 374 g/mol. The Morgan fingerprint density at radius 3 is 2.58 bits per heavy atom. The van der Waals surface area contributed by atoms with E-state index in [-0.39, 0.29) is 11.3 Å². The summed E-state index contributed by atoms with van der Waals surface area (Å²) in [5.74, 6) is -1.64. The number of Topliss-reactive ketones (excluding diaryl/α,β-unsaturated/α-hetero) is 1. The normalized spacial score (nSPS) is 11.1. The van der Waals surface area contributed by atoms with Crippen molar-refractivity contribution in [3.63, 3.8) is 0 Å². The highest BCUT2D eigenvalue weighted by Gasteiger charge is 2.16. The first kappa shape index (κ1) is 18.2. The summed E-state index contributed by atoms with van der Waals surface area (Å²) < 4.78 is 28.4. The molecule has 0 fully saturated rings. The number of thioether (sulfide) groups is 1. The number of hydrogen-bond donors (Lipinski definition) is 0. The van der Waals surface area contributed by atoms with Crippen LogP contribution in [0.4, 0.5) is 8.78 Å². The predicted octanol–water partition coefficient (Wildman–Crippen LogP) is 4.04. The molecule has 0 N–H and O–H groups in total.